The van der Waals surface area contributed by atoms with Crippen molar-refractivity contribution in [2.75, 3.05) is 18.8 Å². The van der Waals surface area contributed by atoms with Crippen LogP contribution in [0.5, 0.6) is 0 Å². The molecule has 16 heavy (non-hydrogen) atoms. The van der Waals surface area contributed by atoms with Gasteiger partial charge in [-0.1, -0.05) is 0 Å². The van der Waals surface area contributed by atoms with Gasteiger partial charge in [-0.15, -0.1) is 0 Å². The zero-order valence-corrected chi connectivity index (χ0v) is 9.52. The van der Waals surface area contributed by atoms with Crippen molar-refractivity contribution in [3.05, 3.63) is 35.8 Å². The van der Waals surface area contributed by atoms with Crippen molar-refractivity contribution in [2.24, 2.45) is 0 Å². The van der Waals surface area contributed by atoms with Crippen molar-refractivity contribution < 1.29 is 8.81 Å². The van der Waals surface area contributed by atoms with Crippen molar-refractivity contribution in [1.82, 2.24) is 5.32 Å². The van der Waals surface area contributed by atoms with Crippen molar-refractivity contribution in [3.8, 4) is 0 Å². The van der Waals surface area contributed by atoms with Crippen molar-refractivity contribution in [1.29, 1.82) is 0 Å². The Hall–Kier alpha value is -1.00. The molecule has 2 nitrogen and oxygen atoms in total. The van der Waals surface area contributed by atoms with Crippen LogP contribution in [-0.4, -0.2) is 18.8 Å². The van der Waals surface area contributed by atoms with Crippen LogP contribution in [0.25, 0.3) is 11.0 Å². The summed E-state index contributed by atoms with van der Waals surface area (Å²) in [6.07, 6.45) is 1.60. The molecule has 0 amide bonds. The number of thioether (sulfide) groups is 1. The highest BCUT2D eigenvalue weighted by Crippen LogP contribution is 2.34. The van der Waals surface area contributed by atoms with Crippen LogP contribution >= 0.6 is 11.8 Å². The van der Waals surface area contributed by atoms with Gasteiger partial charge < -0.3 is 9.73 Å². The third-order valence-electron chi connectivity index (χ3n) is 2.85. The fraction of sp³-hybridized carbons (Fsp3) is 0.333. The van der Waals surface area contributed by atoms with Gasteiger partial charge in [-0.3, -0.25) is 0 Å². The first kappa shape index (κ1) is 10.2. The minimum atomic E-state index is -0.130. The van der Waals surface area contributed by atoms with Gasteiger partial charge in [-0.25, -0.2) is 4.39 Å². The van der Waals surface area contributed by atoms with Gasteiger partial charge in [0.25, 0.3) is 0 Å². The molecule has 1 aromatic heterocycles. The third kappa shape index (κ3) is 1.72. The fourth-order valence-corrected chi connectivity index (χ4v) is 3.15. The Labute approximate surface area is 97.2 Å². The molecular formula is C12H12FNOS. The molecule has 4 heteroatoms. The van der Waals surface area contributed by atoms with Crippen LogP contribution in [0.15, 0.2) is 28.9 Å². The lowest BCUT2D eigenvalue weighted by Crippen LogP contribution is -2.28. The summed E-state index contributed by atoms with van der Waals surface area (Å²) in [5, 5.41) is 4.31. The topological polar surface area (TPSA) is 25.2 Å². The van der Waals surface area contributed by atoms with Gasteiger partial charge in [-0.2, -0.15) is 11.8 Å². The molecular weight excluding hydrogens is 225 g/mol. The smallest absolute Gasteiger partial charge is 0.134 e. The van der Waals surface area contributed by atoms with Crippen molar-refractivity contribution in [3.63, 3.8) is 0 Å². The van der Waals surface area contributed by atoms with E-state index in [1.165, 1.54) is 0 Å². The standard InChI is InChI=1S/C12H12FNOS/c13-10-5-8-1-3-15-11(8)6-9(10)12-7-14-2-4-16-12/h1,3,5-6,12,14H,2,4,7H2. The van der Waals surface area contributed by atoms with Crippen LogP contribution in [-0.2, 0) is 0 Å². The molecule has 3 rings (SSSR count). The normalized spacial score (nSPS) is 21.4. The first-order chi connectivity index (χ1) is 7.84. The van der Waals surface area contributed by atoms with Gasteiger partial charge in [0.2, 0.25) is 0 Å². The van der Waals surface area contributed by atoms with Crippen LogP contribution in [0.3, 0.4) is 0 Å². The van der Waals surface area contributed by atoms with Crippen LogP contribution in [0, 0.1) is 5.82 Å². The zero-order valence-electron chi connectivity index (χ0n) is 8.70. The predicted molar refractivity (Wildman–Crippen MR) is 64.2 cm³/mol. The molecule has 0 bridgehead atoms. The number of benzene rings is 1. The first-order valence-corrected chi connectivity index (χ1v) is 6.38. The highest BCUT2D eigenvalue weighted by atomic mass is 32.2. The van der Waals surface area contributed by atoms with E-state index in [0.717, 1.165) is 35.4 Å². The van der Waals surface area contributed by atoms with E-state index in [4.69, 9.17) is 4.42 Å². The Morgan fingerprint density at radius 3 is 3.19 bits per heavy atom. The summed E-state index contributed by atoms with van der Waals surface area (Å²) in [6, 6.07) is 5.17. The summed E-state index contributed by atoms with van der Waals surface area (Å²) in [4.78, 5) is 0. The van der Waals surface area contributed by atoms with Crippen molar-refractivity contribution in [2.45, 2.75) is 5.25 Å². The van der Waals surface area contributed by atoms with Gasteiger partial charge in [0, 0.05) is 35.0 Å². The lowest BCUT2D eigenvalue weighted by Gasteiger charge is -2.23. The zero-order chi connectivity index (χ0) is 11.0. The summed E-state index contributed by atoms with van der Waals surface area (Å²) in [5.41, 5.74) is 1.52. The van der Waals surface area contributed by atoms with Crippen LogP contribution in [0.4, 0.5) is 4.39 Å². The molecule has 1 aliphatic rings. The summed E-state index contributed by atoms with van der Waals surface area (Å²) in [6.45, 7) is 1.83. The Morgan fingerprint density at radius 1 is 1.44 bits per heavy atom. The van der Waals surface area contributed by atoms with Crippen LogP contribution < -0.4 is 5.32 Å². The molecule has 84 valence electrons. The molecule has 1 fully saturated rings. The van der Waals surface area contributed by atoms with Gasteiger partial charge in [-0.05, 0) is 18.2 Å². The number of hydrogen-bond acceptors (Lipinski definition) is 3. The molecule has 0 radical (unpaired) electrons. The molecule has 1 saturated heterocycles. The average Bonchev–Trinajstić information content (AvgIpc) is 2.76. The molecule has 0 aliphatic carbocycles. The van der Waals surface area contributed by atoms with Crippen molar-refractivity contribution >= 4 is 22.7 Å². The van der Waals surface area contributed by atoms with Gasteiger partial charge in [0.05, 0.1) is 6.26 Å². The number of rotatable bonds is 1. The summed E-state index contributed by atoms with van der Waals surface area (Å²) < 4.78 is 19.2. The molecule has 0 spiro atoms. The Morgan fingerprint density at radius 2 is 2.38 bits per heavy atom. The Kier molecular flexibility index (Phi) is 2.61. The van der Waals surface area contributed by atoms with Gasteiger partial charge in [0.1, 0.15) is 11.4 Å². The number of fused-ring (bicyclic) bond motifs is 1. The monoisotopic (exact) mass is 237 g/mol. The van der Waals surface area contributed by atoms with E-state index in [1.54, 1.807) is 30.2 Å². The largest absolute Gasteiger partial charge is 0.464 e. The van der Waals surface area contributed by atoms with Crippen LogP contribution in [0.2, 0.25) is 0 Å². The molecule has 2 heterocycles. The van der Waals surface area contributed by atoms with E-state index in [2.05, 4.69) is 5.32 Å². The second-order valence-corrected chi connectivity index (χ2v) is 5.21. The lowest BCUT2D eigenvalue weighted by molar-refractivity contribution is 0.588. The van der Waals surface area contributed by atoms with E-state index < -0.39 is 0 Å². The number of nitrogens with one attached hydrogen (secondary N) is 1. The Balaban J connectivity index is 2.03. The maximum absolute atomic E-state index is 13.9. The second kappa shape index (κ2) is 4.11. The van der Waals surface area contributed by atoms with E-state index in [0.29, 0.717) is 0 Å². The van der Waals surface area contributed by atoms with Gasteiger partial charge in [0.15, 0.2) is 0 Å². The lowest BCUT2D eigenvalue weighted by atomic mass is 10.1. The molecule has 1 unspecified atom stereocenters. The number of hydrogen-bond donors (Lipinski definition) is 1. The molecule has 1 N–H and O–H groups in total. The van der Waals surface area contributed by atoms with Gasteiger partial charge >= 0.3 is 0 Å². The third-order valence-corrected chi connectivity index (χ3v) is 4.11. The molecule has 0 saturated carbocycles. The summed E-state index contributed by atoms with van der Waals surface area (Å²) >= 11 is 1.80. The summed E-state index contributed by atoms with van der Waals surface area (Å²) in [7, 11) is 0. The highest BCUT2D eigenvalue weighted by Gasteiger charge is 2.20. The number of halogens is 1. The minimum Gasteiger partial charge on any atom is -0.464 e. The SMILES string of the molecule is Fc1cc2ccoc2cc1C1CNCCS1. The highest BCUT2D eigenvalue weighted by molar-refractivity contribution is 7.99. The van der Waals surface area contributed by atoms with Crippen LogP contribution in [0.1, 0.15) is 10.8 Å². The summed E-state index contributed by atoms with van der Waals surface area (Å²) in [5.74, 6) is 0.899. The van der Waals surface area contributed by atoms with E-state index >= 15 is 0 Å². The average molecular weight is 237 g/mol. The van der Waals surface area contributed by atoms with E-state index in [1.807, 2.05) is 6.07 Å². The van der Waals surface area contributed by atoms with E-state index in [-0.39, 0.29) is 11.1 Å². The second-order valence-electron chi connectivity index (χ2n) is 3.90. The predicted octanol–water partition coefficient (Wildman–Crippen LogP) is 2.95. The first-order valence-electron chi connectivity index (χ1n) is 5.33. The molecule has 1 aliphatic heterocycles. The Bertz CT molecular complexity index is 505. The maximum atomic E-state index is 13.9. The molecule has 1 atom stereocenters. The number of furan rings is 1. The fourth-order valence-electron chi connectivity index (χ4n) is 2.01. The molecule has 1 aromatic carbocycles. The maximum Gasteiger partial charge on any atom is 0.134 e. The minimum absolute atomic E-state index is 0.130. The molecule has 2 aromatic rings. The van der Waals surface area contributed by atoms with E-state index in [9.17, 15) is 4.39 Å². The quantitative estimate of drug-likeness (QED) is 0.825.